The molecule has 94 valence electrons. The fourth-order valence-corrected chi connectivity index (χ4v) is 3.80. The summed E-state index contributed by atoms with van der Waals surface area (Å²) in [6, 6.07) is 0. The molecule has 0 aromatic carbocycles. The van der Waals surface area contributed by atoms with Crippen molar-refractivity contribution in [2.75, 3.05) is 5.75 Å². The number of thiazole rings is 1. The molecular weight excluding hydrogens is 250 g/mol. The molecule has 2 heterocycles. The molecular formula is C12H19N3S2. The minimum absolute atomic E-state index is 0.265. The molecule has 1 aliphatic rings. The van der Waals surface area contributed by atoms with Gasteiger partial charge in [-0.2, -0.15) is 0 Å². The van der Waals surface area contributed by atoms with E-state index in [2.05, 4.69) is 34.5 Å². The molecule has 1 aliphatic heterocycles. The van der Waals surface area contributed by atoms with E-state index in [9.17, 15) is 0 Å². The Labute approximate surface area is 111 Å². The fraction of sp³-hybridized carbons (Fsp3) is 0.667. The highest BCUT2D eigenvalue weighted by Crippen LogP contribution is 2.29. The van der Waals surface area contributed by atoms with E-state index in [0.717, 1.165) is 34.5 Å². The Morgan fingerprint density at radius 2 is 2.24 bits per heavy atom. The number of aryl methyl sites for hydroxylation is 1. The number of aliphatic imine (C=N–C) groups is 1. The highest BCUT2D eigenvalue weighted by molar-refractivity contribution is 8.14. The first-order valence-corrected chi connectivity index (χ1v) is 7.90. The summed E-state index contributed by atoms with van der Waals surface area (Å²) in [5.74, 6) is 1.13. The lowest BCUT2D eigenvalue weighted by molar-refractivity contribution is 0.407. The van der Waals surface area contributed by atoms with Gasteiger partial charge in [-0.15, -0.1) is 11.3 Å². The van der Waals surface area contributed by atoms with Gasteiger partial charge in [0.25, 0.3) is 0 Å². The van der Waals surface area contributed by atoms with Gasteiger partial charge >= 0.3 is 0 Å². The predicted octanol–water partition coefficient (Wildman–Crippen LogP) is 3.20. The lowest BCUT2D eigenvalue weighted by atomic mass is 9.96. The Morgan fingerprint density at radius 3 is 2.76 bits per heavy atom. The molecule has 5 heteroatoms. The first kappa shape index (κ1) is 12.9. The van der Waals surface area contributed by atoms with Crippen LogP contribution in [0.4, 0.5) is 0 Å². The van der Waals surface area contributed by atoms with Crippen LogP contribution in [0.2, 0.25) is 0 Å². The molecule has 0 atom stereocenters. The zero-order valence-corrected chi connectivity index (χ0v) is 12.2. The first-order valence-electron chi connectivity index (χ1n) is 6.04. The highest BCUT2D eigenvalue weighted by Gasteiger charge is 2.33. The fourth-order valence-electron chi connectivity index (χ4n) is 1.86. The van der Waals surface area contributed by atoms with Gasteiger partial charge in [0.05, 0.1) is 17.2 Å². The third-order valence-electron chi connectivity index (χ3n) is 3.26. The maximum atomic E-state index is 4.61. The second-order valence-electron chi connectivity index (χ2n) is 4.38. The van der Waals surface area contributed by atoms with Crippen molar-refractivity contribution in [3.63, 3.8) is 0 Å². The topological polar surface area (TPSA) is 37.3 Å². The van der Waals surface area contributed by atoms with E-state index in [-0.39, 0.29) is 5.54 Å². The molecule has 0 bridgehead atoms. The number of hydrogen-bond acceptors (Lipinski definition) is 4. The normalized spacial score (nSPS) is 20.8. The average Bonchev–Trinajstić information content (AvgIpc) is 2.93. The van der Waals surface area contributed by atoms with Gasteiger partial charge in [0, 0.05) is 16.7 Å². The molecule has 0 aliphatic carbocycles. The number of aromatic nitrogens is 1. The summed E-state index contributed by atoms with van der Waals surface area (Å²) in [6.07, 6.45) is 2.32. The lowest BCUT2D eigenvalue weighted by Gasteiger charge is -2.25. The standard InChI is InChI=1S/C12H19N3S2/c1-4-12(5-2)8-17-11(15-12)13-6-10-7-16-9(3)14-10/h7H,4-6,8H2,1-3H3,(H,13,15). The van der Waals surface area contributed by atoms with Gasteiger partial charge in [-0.1, -0.05) is 25.6 Å². The number of nitrogens with zero attached hydrogens (tertiary/aromatic N) is 2. The maximum absolute atomic E-state index is 4.61. The largest absolute Gasteiger partial charge is 0.359 e. The van der Waals surface area contributed by atoms with Crippen molar-refractivity contribution < 1.29 is 0 Å². The second kappa shape index (κ2) is 5.40. The molecule has 0 radical (unpaired) electrons. The summed E-state index contributed by atoms with van der Waals surface area (Å²) in [4.78, 5) is 9.03. The molecule has 1 fully saturated rings. The summed E-state index contributed by atoms with van der Waals surface area (Å²) in [5.41, 5.74) is 1.34. The molecule has 0 spiro atoms. The SMILES string of the molecule is CCC1(CC)CSC(=NCc2csc(C)n2)N1. The highest BCUT2D eigenvalue weighted by atomic mass is 32.2. The monoisotopic (exact) mass is 269 g/mol. The van der Waals surface area contributed by atoms with Crippen molar-refractivity contribution in [3.8, 4) is 0 Å². The molecule has 3 nitrogen and oxygen atoms in total. The van der Waals surface area contributed by atoms with Crippen molar-refractivity contribution in [3.05, 3.63) is 16.1 Å². The van der Waals surface area contributed by atoms with Gasteiger partial charge in [0.1, 0.15) is 0 Å². The third-order valence-corrected chi connectivity index (χ3v) is 5.29. The molecule has 0 unspecified atom stereocenters. The van der Waals surface area contributed by atoms with Crippen molar-refractivity contribution >= 4 is 28.3 Å². The van der Waals surface area contributed by atoms with Gasteiger partial charge in [-0.05, 0) is 19.8 Å². The summed E-state index contributed by atoms with van der Waals surface area (Å²) >= 11 is 3.53. The average molecular weight is 269 g/mol. The molecule has 1 N–H and O–H groups in total. The third kappa shape index (κ3) is 3.01. The van der Waals surface area contributed by atoms with Gasteiger partial charge in [-0.3, -0.25) is 4.99 Å². The number of rotatable bonds is 4. The van der Waals surface area contributed by atoms with E-state index in [1.165, 1.54) is 0 Å². The number of amidine groups is 1. The molecule has 1 saturated heterocycles. The van der Waals surface area contributed by atoms with E-state index in [0.29, 0.717) is 6.54 Å². The molecule has 1 aromatic rings. The maximum Gasteiger partial charge on any atom is 0.157 e. The molecule has 1 aromatic heterocycles. The summed E-state index contributed by atoms with van der Waals surface area (Å²) in [7, 11) is 0. The van der Waals surface area contributed by atoms with Crippen LogP contribution in [0, 0.1) is 6.92 Å². The van der Waals surface area contributed by atoms with E-state index in [4.69, 9.17) is 0 Å². The van der Waals surface area contributed by atoms with Crippen LogP contribution < -0.4 is 5.32 Å². The van der Waals surface area contributed by atoms with Gasteiger partial charge in [-0.25, -0.2) is 4.98 Å². The van der Waals surface area contributed by atoms with Crippen LogP contribution in [0.1, 0.15) is 37.4 Å². The second-order valence-corrected chi connectivity index (χ2v) is 6.41. The molecule has 17 heavy (non-hydrogen) atoms. The van der Waals surface area contributed by atoms with Gasteiger partial charge < -0.3 is 5.32 Å². The Morgan fingerprint density at radius 1 is 1.47 bits per heavy atom. The Hall–Kier alpha value is -0.550. The molecule has 0 amide bonds. The number of hydrogen-bond donors (Lipinski definition) is 1. The zero-order chi connectivity index (χ0) is 12.3. The Kier molecular flexibility index (Phi) is 4.09. The van der Waals surface area contributed by atoms with E-state index >= 15 is 0 Å². The van der Waals surface area contributed by atoms with E-state index in [1.807, 2.05) is 18.7 Å². The number of nitrogens with one attached hydrogen (secondary N) is 1. The lowest BCUT2D eigenvalue weighted by Crippen LogP contribution is -2.42. The van der Waals surface area contributed by atoms with Gasteiger partial charge in [0.15, 0.2) is 5.17 Å². The number of thioether (sulfide) groups is 1. The minimum atomic E-state index is 0.265. The van der Waals surface area contributed by atoms with Crippen molar-refractivity contribution in [2.24, 2.45) is 4.99 Å². The Bertz CT molecular complexity index is 408. The van der Waals surface area contributed by atoms with Crippen molar-refractivity contribution in [1.29, 1.82) is 0 Å². The van der Waals surface area contributed by atoms with Crippen molar-refractivity contribution in [1.82, 2.24) is 10.3 Å². The van der Waals surface area contributed by atoms with E-state index in [1.54, 1.807) is 11.3 Å². The smallest absolute Gasteiger partial charge is 0.157 e. The molecule has 2 rings (SSSR count). The predicted molar refractivity (Wildman–Crippen MR) is 76.9 cm³/mol. The minimum Gasteiger partial charge on any atom is -0.359 e. The summed E-state index contributed by atoms with van der Waals surface area (Å²) < 4.78 is 0. The Balaban J connectivity index is 1.96. The van der Waals surface area contributed by atoms with Crippen molar-refractivity contribution in [2.45, 2.75) is 45.7 Å². The van der Waals surface area contributed by atoms with Crippen LogP contribution in [0.15, 0.2) is 10.4 Å². The zero-order valence-electron chi connectivity index (χ0n) is 10.6. The molecule has 0 saturated carbocycles. The first-order chi connectivity index (χ1) is 8.17. The van der Waals surface area contributed by atoms with Crippen LogP contribution in [-0.4, -0.2) is 21.4 Å². The van der Waals surface area contributed by atoms with Crippen LogP contribution in [0.5, 0.6) is 0 Å². The quantitative estimate of drug-likeness (QED) is 0.912. The summed E-state index contributed by atoms with van der Waals surface area (Å²) in [6.45, 7) is 7.21. The van der Waals surface area contributed by atoms with Gasteiger partial charge in [0.2, 0.25) is 0 Å². The van der Waals surface area contributed by atoms with Crippen LogP contribution in [-0.2, 0) is 6.54 Å². The summed E-state index contributed by atoms with van der Waals surface area (Å²) in [5, 5.41) is 7.86. The van der Waals surface area contributed by atoms with E-state index < -0.39 is 0 Å². The van der Waals surface area contributed by atoms with Crippen LogP contribution in [0.25, 0.3) is 0 Å². The van der Waals surface area contributed by atoms with Crippen LogP contribution in [0.3, 0.4) is 0 Å². The van der Waals surface area contributed by atoms with Crippen LogP contribution >= 0.6 is 23.1 Å².